The fraction of sp³-hybridized carbons (Fsp3) is 0.400. The lowest BCUT2D eigenvalue weighted by Crippen LogP contribution is -2.41. The highest BCUT2D eigenvalue weighted by Crippen LogP contribution is 2.36. The maximum absolute atomic E-state index is 12.1. The van der Waals surface area contributed by atoms with Crippen LogP contribution < -0.4 is 10.8 Å². The molecule has 7 heteroatoms. The number of nitrogens with zero attached hydrogens (tertiary/aromatic N) is 1. The van der Waals surface area contributed by atoms with Crippen molar-refractivity contribution in [2.75, 3.05) is 5.32 Å². The lowest BCUT2D eigenvalue weighted by Gasteiger charge is -2.32. The van der Waals surface area contributed by atoms with Crippen molar-refractivity contribution in [1.29, 1.82) is 0 Å². The molecule has 142 valence electrons. The highest BCUT2D eigenvalue weighted by molar-refractivity contribution is 6.62. The van der Waals surface area contributed by atoms with E-state index in [9.17, 15) is 4.79 Å². The van der Waals surface area contributed by atoms with Crippen LogP contribution in [0.4, 0.5) is 10.5 Å². The van der Waals surface area contributed by atoms with Gasteiger partial charge in [-0.25, -0.2) is 4.79 Å². The molecule has 0 spiro atoms. The zero-order chi connectivity index (χ0) is 19.7. The van der Waals surface area contributed by atoms with E-state index in [2.05, 4.69) is 10.3 Å². The van der Waals surface area contributed by atoms with Gasteiger partial charge in [0.2, 0.25) is 0 Å². The molecule has 0 radical (unpaired) electrons. The van der Waals surface area contributed by atoms with Gasteiger partial charge in [-0.05, 0) is 46.2 Å². The first kappa shape index (κ1) is 19.4. The van der Waals surface area contributed by atoms with Crippen molar-refractivity contribution in [3.05, 3.63) is 53.9 Å². The van der Waals surface area contributed by atoms with Gasteiger partial charge in [0, 0.05) is 11.2 Å². The van der Waals surface area contributed by atoms with E-state index in [-0.39, 0.29) is 6.61 Å². The quantitative estimate of drug-likeness (QED) is 0.838. The Labute approximate surface area is 160 Å². The van der Waals surface area contributed by atoms with Crippen molar-refractivity contribution < 1.29 is 18.8 Å². The number of hydrogen-bond acceptors (Lipinski definition) is 5. The number of aromatic nitrogens is 1. The summed E-state index contributed by atoms with van der Waals surface area (Å²) in [6.07, 6.45) is 1.05. The van der Waals surface area contributed by atoms with Crippen molar-refractivity contribution in [2.24, 2.45) is 0 Å². The number of ether oxygens (including phenoxy) is 1. The lowest BCUT2D eigenvalue weighted by atomic mass is 9.78. The third kappa shape index (κ3) is 4.31. The molecule has 2 aromatic rings. The molecule has 1 N–H and O–H groups in total. The molecule has 0 atom stereocenters. The number of amides is 1. The molecule has 6 nitrogen and oxygen atoms in total. The molecule has 2 heterocycles. The van der Waals surface area contributed by atoms with E-state index < -0.39 is 24.4 Å². The smallest absolute Gasteiger partial charge is 0.444 e. The Hall–Kier alpha value is -2.38. The summed E-state index contributed by atoms with van der Waals surface area (Å²) in [5.74, 6) is 0. The molecule has 27 heavy (non-hydrogen) atoms. The Kier molecular flexibility index (Phi) is 5.26. The Bertz CT molecular complexity index is 808. The largest absolute Gasteiger partial charge is 0.496 e. The highest BCUT2D eigenvalue weighted by atomic mass is 16.7. The van der Waals surface area contributed by atoms with Gasteiger partial charge in [-0.3, -0.25) is 10.3 Å². The van der Waals surface area contributed by atoms with Gasteiger partial charge in [0.25, 0.3) is 0 Å². The van der Waals surface area contributed by atoms with E-state index in [4.69, 9.17) is 14.0 Å². The number of anilines is 1. The van der Waals surface area contributed by atoms with Crippen LogP contribution in [-0.4, -0.2) is 29.4 Å². The first-order valence-electron chi connectivity index (χ1n) is 8.98. The molecule has 0 aliphatic carbocycles. The molecule has 0 unspecified atom stereocenters. The minimum absolute atomic E-state index is 0.204. The molecule has 1 aliphatic heterocycles. The summed E-state index contributed by atoms with van der Waals surface area (Å²) in [4.78, 5) is 16.4. The van der Waals surface area contributed by atoms with E-state index >= 15 is 0 Å². The van der Waals surface area contributed by atoms with E-state index in [1.807, 2.05) is 71.0 Å². The minimum atomic E-state index is -0.538. The average Bonchev–Trinajstić information content (AvgIpc) is 2.83. The first-order valence-corrected chi connectivity index (χ1v) is 8.98. The van der Waals surface area contributed by atoms with Crippen LogP contribution in [0.25, 0.3) is 0 Å². The predicted molar refractivity (Wildman–Crippen MR) is 105 cm³/mol. The zero-order valence-electron chi connectivity index (χ0n) is 16.4. The average molecular weight is 368 g/mol. The summed E-state index contributed by atoms with van der Waals surface area (Å²) in [6.45, 7) is 10.1. The molecule has 3 rings (SSSR count). The monoisotopic (exact) mass is 368 g/mol. The van der Waals surface area contributed by atoms with Crippen molar-refractivity contribution in [3.63, 3.8) is 0 Å². The topological polar surface area (TPSA) is 69.7 Å². The van der Waals surface area contributed by atoms with Crippen LogP contribution >= 0.6 is 0 Å². The molecule has 0 saturated carbocycles. The minimum Gasteiger partial charge on any atom is -0.444 e. The molecule has 1 saturated heterocycles. The summed E-state index contributed by atoms with van der Waals surface area (Å²) in [6, 6.07) is 11.3. The van der Waals surface area contributed by atoms with Gasteiger partial charge in [-0.2, -0.15) is 0 Å². The van der Waals surface area contributed by atoms with Gasteiger partial charge < -0.3 is 14.0 Å². The van der Waals surface area contributed by atoms with E-state index in [1.165, 1.54) is 0 Å². The van der Waals surface area contributed by atoms with Crippen LogP contribution in [0.15, 0.2) is 42.6 Å². The predicted octanol–water partition coefficient (Wildman–Crippen LogP) is 3.44. The fourth-order valence-electron chi connectivity index (χ4n) is 2.70. The van der Waals surface area contributed by atoms with Crippen molar-refractivity contribution >= 4 is 24.4 Å². The highest BCUT2D eigenvalue weighted by Gasteiger charge is 2.52. The normalized spacial score (nSPS) is 17.6. The van der Waals surface area contributed by atoms with Crippen LogP contribution in [-0.2, 0) is 20.7 Å². The summed E-state index contributed by atoms with van der Waals surface area (Å²) in [7, 11) is -0.537. The number of pyridine rings is 1. The van der Waals surface area contributed by atoms with Crippen LogP contribution in [0.2, 0.25) is 0 Å². The first-order chi connectivity index (χ1) is 12.7. The maximum Gasteiger partial charge on any atom is 0.496 e. The second-order valence-electron chi connectivity index (χ2n) is 7.67. The molecule has 1 aromatic carbocycles. The SMILES string of the molecule is Cc1ncc(NC(=O)OCc2ccccc2)cc1B1OC(C)(C)C(C)(C)O1. The van der Waals surface area contributed by atoms with E-state index in [0.717, 1.165) is 16.7 Å². The third-order valence-corrected chi connectivity index (χ3v) is 5.09. The standard InChI is InChI=1S/C20H25BN2O4/c1-14-17(21-26-19(2,3)20(4,5)27-21)11-16(12-22-14)23-18(24)25-13-15-9-7-6-8-10-15/h6-12H,13H2,1-5H3,(H,23,24). The second-order valence-corrected chi connectivity index (χ2v) is 7.67. The van der Waals surface area contributed by atoms with Gasteiger partial charge >= 0.3 is 13.2 Å². The summed E-state index contributed by atoms with van der Waals surface area (Å²) >= 11 is 0. The molecule has 1 aromatic heterocycles. The van der Waals surface area contributed by atoms with Crippen LogP contribution in [0.3, 0.4) is 0 Å². The molecular weight excluding hydrogens is 343 g/mol. The summed E-state index contributed by atoms with van der Waals surface area (Å²) in [5, 5.41) is 2.71. The Balaban J connectivity index is 1.68. The third-order valence-electron chi connectivity index (χ3n) is 5.09. The Morgan fingerprint density at radius 1 is 1.15 bits per heavy atom. The van der Waals surface area contributed by atoms with Gasteiger partial charge in [0.15, 0.2) is 0 Å². The maximum atomic E-state index is 12.1. The number of carbonyl (C=O) groups excluding carboxylic acids is 1. The number of nitrogens with one attached hydrogen (secondary N) is 1. The zero-order valence-corrected chi connectivity index (χ0v) is 16.4. The van der Waals surface area contributed by atoms with Crippen molar-refractivity contribution in [2.45, 2.75) is 52.4 Å². The van der Waals surface area contributed by atoms with Crippen molar-refractivity contribution in [1.82, 2.24) is 4.98 Å². The van der Waals surface area contributed by atoms with Crippen molar-refractivity contribution in [3.8, 4) is 0 Å². The van der Waals surface area contributed by atoms with E-state index in [0.29, 0.717) is 5.69 Å². The van der Waals surface area contributed by atoms with Gasteiger partial charge in [0.1, 0.15) is 6.61 Å². The number of carbonyl (C=O) groups is 1. The molecular formula is C20H25BN2O4. The summed E-state index contributed by atoms with van der Waals surface area (Å²) in [5.41, 5.74) is 2.15. The van der Waals surface area contributed by atoms with Gasteiger partial charge in [-0.1, -0.05) is 30.3 Å². The number of rotatable bonds is 4. The molecule has 1 aliphatic rings. The molecule has 1 amide bonds. The second kappa shape index (κ2) is 7.33. The lowest BCUT2D eigenvalue weighted by molar-refractivity contribution is 0.00578. The Morgan fingerprint density at radius 3 is 2.41 bits per heavy atom. The fourth-order valence-corrected chi connectivity index (χ4v) is 2.70. The Morgan fingerprint density at radius 2 is 1.78 bits per heavy atom. The van der Waals surface area contributed by atoms with Crippen LogP contribution in [0.1, 0.15) is 39.0 Å². The van der Waals surface area contributed by atoms with Gasteiger partial charge in [0.05, 0.1) is 23.1 Å². The number of hydrogen-bond donors (Lipinski definition) is 1. The van der Waals surface area contributed by atoms with Gasteiger partial charge in [-0.15, -0.1) is 0 Å². The molecule has 1 fully saturated rings. The number of benzene rings is 1. The number of aryl methyl sites for hydroxylation is 1. The van der Waals surface area contributed by atoms with Crippen LogP contribution in [0.5, 0.6) is 0 Å². The van der Waals surface area contributed by atoms with Crippen LogP contribution in [0, 0.1) is 6.92 Å². The summed E-state index contributed by atoms with van der Waals surface area (Å²) < 4.78 is 17.4. The van der Waals surface area contributed by atoms with E-state index in [1.54, 1.807) is 6.20 Å². The molecule has 0 bridgehead atoms.